The van der Waals surface area contributed by atoms with E-state index in [-0.39, 0.29) is 0 Å². The van der Waals surface area contributed by atoms with Crippen molar-refractivity contribution in [2.75, 3.05) is 7.11 Å². The third kappa shape index (κ3) is 1.93. The Kier molecular flexibility index (Phi) is 2.58. The minimum Gasteiger partial charge on any atom is -0.494 e. The lowest BCUT2D eigenvalue weighted by molar-refractivity contribution is 0.411. The molecule has 0 N–H and O–H groups in total. The summed E-state index contributed by atoms with van der Waals surface area (Å²) in [6, 6.07) is 3.87. The van der Waals surface area contributed by atoms with Crippen molar-refractivity contribution in [3.8, 4) is 17.3 Å². The average molecular weight is 201 g/mol. The second-order valence-electron chi connectivity index (χ2n) is 3.12. The molecule has 0 saturated heterocycles. The van der Waals surface area contributed by atoms with Crippen molar-refractivity contribution < 1.29 is 4.74 Å². The summed E-state index contributed by atoms with van der Waals surface area (Å²) >= 11 is 0. The summed E-state index contributed by atoms with van der Waals surface area (Å²) in [6.07, 6.45) is 5.00. The van der Waals surface area contributed by atoms with Crippen molar-refractivity contribution in [2.45, 2.75) is 6.92 Å². The fourth-order valence-electron chi connectivity index (χ4n) is 1.26. The molecule has 2 aromatic heterocycles. The molecule has 0 aromatic carbocycles. The van der Waals surface area contributed by atoms with Gasteiger partial charge in [0.15, 0.2) is 11.6 Å². The van der Waals surface area contributed by atoms with E-state index in [1.165, 1.54) is 0 Å². The van der Waals surface area contributed by atoms with Crippen molar-refractivity contribution in [1.29, 1.82) is 0 Å². The Balaban J connectivity index is 2.42. The molecule has 4 nitrogen and oxygen atoms in total. The molecule has 0 aliphatic rings. The van der Waals surface area contributed by atoms with E-state index < -0.39 is 0 Å². The van der Waals surface area contributed by atoms with Gasteiger partial charge in [0.05, 0.1) is 19.5 Å². The van der Waals surface area contributed by atoms with E-state index in [0.717, 1.165) is 11.3 Å². The number of aromatic nitrogens is 3. The second-order valence-corrected chi connectivity index (χ2v) is 3.12. The lowest BCUT2D eigenvalue weighted by atomic mass is 10.2. The summed E-state index contributed by atoms with van der Waals surface area (Å²) in [7, 11) is 1.59. The van der Waals surface area contributed by atoms with Crippen LogP contribution in [0.1, 0.15) is 5.56 Å². The Morgan fingerprint density at radius 3 is 2.47 bits per heavy atom. The van der Waals surface area contributed by atoms with Crippen LogP contribution in [0.3, 0.4) is 0 Å². The lowest BCUT2D eigenvalue weighted by Gasteiger charge is -2.03. The molecule has 0 fully saturated rings. The molecular formula is C11H11N3O. The molecule has 2 rings (SSSR count). The number of rotatable bonds is 2. The number of ether oxygens (including phenoxy) is 1. The van der Waals surface area contributed by atoms with E-state index in [1.54, 1.807) is 25.7 Å². The normalized spacial score (nSPS) is 10.0. The quantitative estimate of drug-likeness (QED) is 0.744. The van der Waals surface area contributed by atoms with Gasteiger partial charge in [-0.15, -0.1) is 0 Å². The van der Waals surface area contributed by atoms with Crippen LogP contribution >= 0.6 is 0 Å². The standard InChI is InChI=1S/C11H11N3O/c1-8-4-3-5-12-10(8)11-13-6-9(15-2)7-14-11/h3-7H,1-2H3. The van der Waals surface area contributed by atoms with Gasteiger partial charge in [0.1, 0.15) is 5.69 Å². The van der Waals surface area contributed by atoms with E-state index in [4.69, 9.17) is 4.74 Å². The van der Waals surface area contributed by atoms with Crippen LogP contribution < -0.4 is 4.74 Å². The minimum atomic E-state index is 0.619. The summed E-state index contributed by atoms with van der Waals surface area (Å²) in [5, 5.41) is 0. The average Bonchev–Trinajstić information content (AvgIpc) is 2.30. The molecule has 2 heterocycles. The van der Waals surface area contributed by atoms with Crippen LogP contribution in [0.4, 0.5) is 0 Å². The molecule has 15 heavy (non-hydrogen) atoms. The van der Waals surface area contributed by atoms with Crippen molar-refractivity contribution >= 4 is 0 Å². The van der Waals surface area contributed by atoms with Crippen LogP contribution in [-0.4, -0.2) is 22.1 Å². The lowest BCUT2D eigenvalue weighted by Crippen LogP contribution is -1.94. The molecule has 2 aromatic rings. The molecule has 0 saturated carbocycles. The molecule has 0 atom stereocenters. The Labute approximate surface area is 88.0 Å². The molecule has 76 valence electrons. The maximum atomic E-state index is 4.99. The number of hydrogen-bond donors (Lipinski definition) is 0. The highest BCUT2D eigenvalue weighted by Crippen LogP contribution is 2.17. The Bertz CT molecular complexity index is 454. The molecular weight excluding hydrogens is 190 g/mol. The van der Waals surface area contributed by atoms with Gasteiger partial charge in [0.2, 0.25) is 0 Å². The number of hydrogen-bond acceptors (Lipinski definition) is 4. The van der Waals surface area contributed by atoms with Gasteiger partial charge >= 0.3 is 0 Å². The van der Waals surface area contributed by atoms with Crippen LogP contribution in [-0.2, 0) is 0 Å². The predicted molar refractivity (Wildman–Crippen MR) is 56.6 cm³/mol. The van der Waals surface area contributed by atoms with E-state index in [2.05, 4.69) is 15.0 Å². The first-order valence-electron chi connectivity index (χ1n) is 4.59. The maximum Gasteiger partial charge on any atom is 0.178 e. The zero-order chi connectivity index (χ0) is 10.7. The molecule has 0 aliphatic carbocycles. The van der Waals surface area contributed by atoms with Crippen LogP contribution in [0, 0.1) is 6.92 Å². The Morgan fingerprint density at radius 2 is 1.87 bits per heavy atom. The van der Waals surface area contributed by atoms with Gasteiger partial charge in [-0.1, -0.05) is 6.07 Å². The van der Waals surface area contributed by atoms with Crippen molar-refractivity contribution in [2.24, 2.45) is 0 Å². The summed E-state index contributed by atoms with van der Waals surface area (Å²) in [4.78, 5) is 12.6. The Hall–Kier alpha value is -1.97. The van der Waals surface area contributed by atoms with Gasteiger partial charge in [-0.3, -0.25) is 4.98 Å². The largest absolute Gasteiger partial charge is 0.494 e. The summed E-state index contributed by atoms with van der Waals surface area (Å²) in [6.45, 7) is 1.98. The smallest absolute Gasteiger partial charge is 0.178 e. The van der Waals surface area contributed by atoms with E-state index in [0.29, 0.717) is 11.6 Å². The topological polar surface area (TPSA) is 47.9 Å². The summed E-state index contributed by atoms with van der Waals surface area (Å²) in [5.74, 6) is 1.27. The van der Waals surface area contributed by atoms with Gasteiger partial charge < -0.3 is 4.74 Å². The fraction of sp³-hybridized carbons (Fsp3) is 0.182. The van der Waals surface area contributed by atoms with Crippen molar-refractivity contribution in [1.82, 2.24) is 15.0 Å². The van der Waals surface area contributed by atoms with Crippen LogP contribution in [0.25, 0.3) is 11.5 Å². The Morgan fingerprint density at radius 1 is 1.13 bits per heavy atom. The highest BCUT2D eigenvalue weighted by Gasteiger charge is 2.05. The van der Waals surface area contributed by atoms with Crippen molar-refractivity contribution in [3.63, 3.8) is 0 Å². The number of aryl methyl sites for hydroxylation is 1. The zero-order valence-corrected chi connectivity index (χ0v) is 8.64. The van der Waals surface area contributed by atoms with Crippen LogP contribution in [0.2, 0.25) is 0 Å². The molecule has 0 unspecified atom stereocenters. The first-order chi connectivity index (χ1) is 7.31. The van der Waals surface area contributed by atoms with Gasteiger partial charge in [-0.05, 0) is 18.6 Å². The third-order valence-corrected chi connectivity index (χ3v) is 2.09. The highest BCUT2D eigenvalue weighted by molar-refractivity contribution is 5.53. The molecule has 0 radical (unpaired) electrons. The molecule has 0 amide bonds. The molecule has 0 aliphatic heterocycles. The monoisotopic (exact) mass is 201 g/mol. The van der Waals surface area contributed by atoms with E-state index >= 15 is 0 Å². The molecule has 4 heteroatoms. The summed E-state index contributed by atoms with van der Waals surface area (Å²) in [5.41, 5.74) is 1.86. The number of nitrogens with zero attached hydrogens (tertiary/aromatic N) is 3. The van der Waals surface area contributed by atoms with Crippen LogP contribution in [0.15, 0.2) is 30.7 Å². The highest BCUT2D eigenvalue weighted by atomic mass is 16.5. The first-order valence-corrected chi connectivity index (χ1v) is 4.59. The van der Waals surface area contributed by atoms with Gasteiger partial charge in [0.25, 0.3) is 0 Å². The number of pyridine rings is 1. The van der Waals surface area contributed by atoms with Gasteiger partial charge in [-0.2, -0.15) is 0 Å². The molecule has 0 bridgehead atoms. The zero-order valence-electron chi connectivity index (χ0n) is 8.64. The SMILES string of the molecule is COc1cnc(-c2ncccc2C)nc1. The first kappa shape index (κ1) is 9.58. The second kappa shape index (κ2) is 4.04. The maximum absolute atomic E-state index is 4.99. The van der Waals surface area contributed by atoms with E-state index in [1.807, 2.05) is 19.1 Å². The summed E-state index contributed by atoms with van der Waals surface area (Å²) < 4.78 is 4.99. The minimum absolute atomic E-state index is 0.619. The fourth-order valence-corrected chi connectivity index (χ4v) is 1.26. The van der Waals surface area contributed by atoms with Gasteiger partial charge in [-0.25, -0.2) is 9.97 Å². The van der Waals surface area contributed by atoms with Crippen LogP contribution in [0.5, 0.6) is 5.75 Å². The molecule has 0 spiro atoms. The van der Waals surface area contributed by atoms with Gasteiger partial charge in [0, 0.05) is 6.20 Å². The van der Waals surface area contributed by atoms with Crippen molar-refractivity contribution in [3.05, 3.63) is 36.3 Å². The van der Waals surface area contributed by atoms with E-state index in [9.17, 15) is 0 Å². The predicted octanol–water partition coefficient (Wildman–Crippen LogP) is 1.86. The third-order valence-electron chi connectivity index (χ3n) is 2.09. The number of methoxy groups -OCH3 is 1.